The Morgan fingerprint density at radius 2 is 1.73 bits per heavy atom. The lowest BCUT2D eigenvalue weighted by Gasteiger charge is -2.27. The number of sulfonamides is 2. The molecule has 1 aliphatic heterocycles. The van der Waals surface area contributed by atoms with Gasteiger partial charge in [-0.1, -0.05) is 6.42 Å². The van der Waals surface area contributed by atoms with Gasteiger partial charge in [-0.15, -0.1) is 0 Å². The molecule has 0 spiro atoms. The number of nitro benzene ring substituents is 1. The smallest absolute Gasteiger partial charge is 0.293 e. The molecule has 3 rings (SSSR count). The summed E-state index contributed by atoms with van der Waals surface area (Å²) in [4.78, 5) is 9.84. The molecule has 1 heterocycles. The summed E-state index contributed by atoms with van der Waals surface area (Å²) in [5.74, 6) is 0.220. The molecule has 0 aromatic heterocycles. The number of ether oxygens (including phenoxy) is 2. The van der Waals surface area contributed by atoms with Crippen molar-refractivity contribution in [1.82, 2.24) is 4.31 Å². The molecule has 0 saturated carbocycles. The minimum atomic E-state index is -4.42. The highest BCUT2D eigenvalue weighted by molar-refractivity contribution is 7.93. The molecule has 1 fully saturated rings. The van der Waals surface area contributed by atoms with E-state index in [2.05, 4.69) is 4.72 Å². The largest absolute Gasteiger partial charge is 0.497 e. The summed E-state index contributed by atoms with van der Waals surface area (Å²) in [5.41, 5.74) is -0.742. The number of hydrogen-bond donors (Lipinski definition) is 1. The van der Waals surface area contributed by atoms with Gasteiger partial charge in [0.2, 0.25) is 10.0 Å². The van der Waals surface area contributed by atoms with Gasteiger partial charge in [0.25, 0.3) is 15.7 Å². The lowest BCUT2D eigenvalue weighted by Crippen LogP contribution is -2.35. The van der Waals surface area contributed by atoms with Crippen LogP contribution >= 0.6 is 0 Å². The number of piperidine rings is 1. The van der Waals surface area contributed by atoms with Gasteiger partial charge in [0.05, 0.1) is 30.4 Å². The molecule has 1 saturated heterocycles. The van der Waals surface area contributed by atoms with E-state index in [1.807, 2.05) is 0 Å². The van der Waals surface area contributed by atoms with Crippen LogP contribution in [0.15, 0.2) is 46.2 Å². The van der Waals surface area contributed by atoms with Gasteiger partial charge in [-0.2, -0.15) is 4.31 Å². The van der Waals surface area contributed by atoms with Crippen LogP contribution < -0.4 is 14.2 Å². The van der Waals surface area contributed by atoms with Crippen molar-refractivity contribution in [3.8, 4) is 11.5 Å². The highest BCUT2D eigenvalue weighted by Gasteiger charge is 2.31. The molecule has 2 aromatic carbocycles. The maximum Gasteiger partial charge on any atom is 0.293 e. The van der Waals surface area contributed by atoms with E-state index < -0.39 is 35.6 Å². The van der Waals surface area contributed by atoms with Gasteiger partial charge in [-0.05, 0) is 50.1 Å². The van der Waals surface area contributed by atoms with Crippen molar-refractivity contribution >= 4 is 31.4 Å². The van der Waals surface area contributed by atoms with E-state index in [4.69, 9.17) is 9.47 Å². The number of rotatable bonds is 9. The summed E-state index contributed by atoms with van der Waals surface area (Å²) < 4.78 is 66.4. The molecule has 0 bridgehead atoms. The van der Waals surface area contributed by atoms with Crippen LogP contribution in [0.1, 0.15) is 26.2 Å². The number of nitrogens with zero attached hydrogens (tertiary/aromatic N) is 2. The molecule has 1 aliphatic rings. The first-order valence-electron chi connectivity index (χ1n) is 10.2. The van der Waals surface area contributed by atoms with Gasteiger partial charge in [-0.3, -0.25) is 14.8 Å². The Kier molecular flexibility index (Phi) is 7.44. The fraction of sp³-hybridized carbons (Fsp3) is 0.400. The van der Waals surface area contributed by atoms with Crippen LogP contribution in [-0.4, -0.2) is 52.9 Å². The fourth-order valence-corrected chi connectivity index (χ4v) is 6.37. The monoisotopic (exact) mass is 499 g/mol. The predicted octanol–water partition coefficient (Wildman–Crippen LogP) is 2.98. The van der Waals surface area contributed by atoms with E-state index in [0.29, 0.717) is 13.1 Å². The van der Waals surface area contributed by atoms with Gasteiger partial charge in [-0.25, -0.2) is 16.8 Å². The Hall–Kier alpha value is -2.90. The Morgan fingerprint density at radius 3 is 2.33 bits per heavy atom. The van der Waals surface area contributed by atoms with Gasteiger partial charge in [0.15, 0.2) is 4.90 Å². The molecule has 11 nitrogen and oxygen atoms in total. The first-order chi connectivity index (χ1) is 15.6. The number of anilines is 1. The first-order valence-corrected chi connectivity index (χ1v) is 13.1. The fourth-order valence-electron chi connectivity index (χ4n) is 3.50. The summed E-state index contributed by atoms with van der Waals surface area (Å²) in [6.45, 7) is 2.64. The molecule has 0 atom stereocenters. The average Bonchev–Trinajstić information content (AvgIpc) is 2.80. The highest BCUT2D eigenvalue weighted by atomic mass is 32.2. The van der Waals surface area contributed by atoms with Crippen molar-refractivity contribution in [2.75, 3.05) is 31.5 Å². The summed E-state index contributed by atoms with van der Waals surface area (Å²) in [7, 11) is -7.06. The molecule has 0 amide bonds. The van der Waals surface area contributed by atoms with Gasteiger partial charge >= 0.3 is 0 Å². The van der Waals surface area contributed by atoms with Crippen molar-refractivity contribution in [3.05, 3.63) is 46.5 Å². The van der Waals surface area contributed by atoms with Crippen LogP contribution in [0.4, 0.5) is 11.4 Å². The normalized spacial score (nSPS) is 15.1. The molecular formula is C20H25N3O8S2. The SMILES string of the molecule is CCOc1ccc(NS(=O)(=O)c2ccc(OC)cc2[N+](=O)[O-])cc1S(=O)(=O)N1CCCCC1. The average molecular weight is 500 g/mol. The summed E-state index contributed by atoms with van der Waals surface area (Å²) in [6.07, 6.45) is 2.40. The maximum absolute atomic E-state index is 13.3. The minimum Gasteiger partial charge on any atom is -0.497 e. The van der Waals surface area contributed by atoms with Gasteiger partial charge in [0.1, 0.15) is 16.4 Å². The van der Waals surface area contributed by atoms with E-state index in [0.717, 1.165) is 31.4 Å². The predicted molar refractivity (Wildman–Crippen MR) is 121 cm³/mol. The lowest BCUT2D eigenvalue weighted by molar-refractivity contribution is -0.387. The first kappa shape index (κ1) is 24.7. The van der Waals surface area contributed by atoms with Crippen molar-refractivity contribution < 1.29 is 31.2 Å². The van der Waals surface area contributed by atoms with Crippen LogP contribution in [0.5, 0.6) is 11.5 Å². The number of hydrogen-bond acceptors (Lipinski definition) is 8. The Morgan fingerprint density at radius 1 is 1.03 bits per heavy atom. The molecule has 180 valence electrons. The van der Waals surface area contributed by atoms with E-state index in [1.54, 1.807) is 6.92 Å². The summed E-state index contributed by atoms with van der Waals surface area (Å²) in [5, 5.41) is 11.4. The van der Waals surface area contributed by atoms with Gasteiger partial charge < -0.3 is 9.47 Å². The van der Waals surface area contributed by atoms with Crippen LogP contribution in [0.25, 0.3) is 0 Å². The van der Waals surface area contributed by atoms with Crippen molar-refractivity contribution in [2.45, 2.75) is 36.0 Å². The summed E-state index contributed by atoms with van der Waals surface area (Å²) >= 11 is 0. The van der Waals surface area contributed by atoms with E-state index in [1.165, 1.54) is 35.7 Å². The zero-order valence-electron chi connectivity index (χ0n) is 18.2. The van der Waals surface area contributed by atoms with E-state index in [9.17, 15) is 26.9 Å². The topological polar surface area (TPSA) is 145 Å². The molecule has 1 N–H and O–H groups in total. The van der Waals surface area contributed by atoms with Crippen LogP contribution in [-0.2, 0) is 20.0 Å². The molecular weight excluding hydrogens is 474 g/mol. The molecule has 33 heavy (non-hydrogen) atoms. The van der Waals surface area contributed by atoms with Gasteiger partial charge in [0, 0.05) is 13.1 Å². The molecule has 0 radical (unpaired) electrons. The minimum absolute atomic E-state index is 0.0702. The molecule has 0 unspecified atom stereocenters. The van der Waals surface area contributed by atoms with E-state index >= 15 is 0 Å². The number of benzene rings is 2. The second kappa shape index (κ2) is 9.93. The second-order valence-electron chi connectivity index (χ2n) is 7.26. The standard InChI is InChI=1S/C20H25N3O8S2/c1-3-31-18-9-7-15(13-20(18)33(28,29)22-11-5-4-6-12-22)21-32(26,27)19-10-8-16(30-2)14-17(19)23(24)25/h7-10,13-14,21H,3-6,11-12H2,1-2H3. The summed E-state index contributed by atoms with van der Waals surface area (Å²) in [6, 6.07) is 7.21. The Balaban J connectivity index is 2.02. The Labute approximate surface area is 192 Å². The molecule has 0 aliphatic carbocycles. The third-order valence-corrected chi connectivity index (χ3v) is 8.43. The van der Waals surface area contributed by atoms with Crippen molar-refractivity contribution in [2.24, 2.45) is 0 Å². The quantitative estimate of drug-likeness (QED) is 0.409. The van der Waals surface area contributed by atoms with Crippen LogP contribution in [0.3, 0.4) is 0 Å². The van der Waals surface area contributed by atoms with Crippen molar-refractivity contribution in [3.63, 3.8) is 0 Å². The third kappa shape index (κ3) is 5.37. The van der Waals surface area contributed by atoms with Crippen LogP contribution in [0, 0.1) is 10.1 Å². The third-order valence-electron chi connectivity index (χ3n) is 5.08. The number of nitrogens with one attached hydrogen (secondary N) is 1. The van der Waals surface area contributed by atoms with Crippen LogP contribution in [0.2, 0.25) is 0 Å². The highest BCUT2D eigenvalue weighted by Crippen LogP contribution is 2.34. The zero-order valence-corrected chi connectivity index (χ0v) is 19.8. The molecule has 13 heteroatoms. The maximum atomic E-state index is 13.3. The Bertz CT molecular complexity index is 1240. The lowest BCUT2D eigenvalue weighted by atomic mass is 10.2. The van der Waals surface area contributed by atoms with E-state index in [-0.39, 0.29) is 28.7 Å². The van der Waals surface area contributed by atoms with Crippen molar-refractivity contribution in [1.29, 1.82) is 0 Å². The second-order valence-corrected chi connectivity index (χ2v) is 10.8. The number of methoxy groups -OCH3 is 1. The zero-order chi connectivity index (χ0) is 24.2. The molecule has 2 aromatic rings. The number of nitro groups is 1.